The molecule has 1 saturated heterocycles. The molecule has 1 aliphatic heterocycles. The molecule has 3 heteroatoms. The number of nitrogens with one attached hydrogen (secondary N) is 1. The average molecular weight is 189 g/mol. The molecule has 0 amide bonds. The van der Waals surface area contributed by atoms with E-state index in [-0.39, 0.29) is 0 Å². The summed E-state index contributed by atoms with van der Waals surface area (Å²) in [4.78, 5) is 0. The molecule has 1 heterocycles. The van der Waals surface area contributed by atoms with Crippen LogP contribution < -0.4 is 5.32 Å². The van der Waals surface area contributed by atoms with Gasteiger partial charge in [0, 0.05) is 34.4 Å². The van der Waals surface area contributed by atoms with E-state index in [0.717, 1.165) is 24.3 Å². The highest BCUT2D eigenvalue weighted by molar-refractivity contribution is 7.85. The van der Waals surface area contributed by atoms with Crippen molar-refractivity contribution < 1.29 is 4.21 Å². The largest absolute Gasteiger partial charge is 0.311 e. The summed E-state index contributed by atoms with van der Waals surface area (Å²) in [6.07, 6.45) is 3.37. The first kappa shape index (κ1) is 10.2. The Kier molecular flexibility index (Phi) is 4.22. The highest BCUT2D eigenvalue weighted by atomic mass is 32.2. The zero-order valence-electron chi connectivity index (χ0n) is 8.01. The maximum atomic E-state index is 11.0. The van der Waals surface area contributed by atoms with Crippen molar-refractivity contribution in [1.82, 2.24) is 5.32 Å². The van der Waals surface area contributed by atoms with Crippen molar-refractivity contribution in [3.8, 4) is 0 Å². The van der Waals surface area contributed by atoms with E-state index in [1.54, 1.807) is 0 Å². The predicted molar refractivity (Wildman–Crippen MR) is 53.8 cm³/mol. The van der Waals surface area contributed by atoms with E-state index in [1.807, 2.05) is 0 Å². The van der Waals surface area contributed by atoms with Crippen molar-refractivity contribution in [3.63, 3.8) is 0 Å². The number of hydrogen-bond acceptors (Lipinski definition) is 2. The van der Waals surface area contributed by atoms with Gasteiger partial charge in [0.05, 0.1) is 0 Å². The quantitative estimate of drug-likeness (QED) is 0.725. The summed E-state index contributed by atoms with van der Waals surface area (Å²) in [6, 6.07) is 1.24. The molecular formula is C9H19NOS. The smallest absolute Gasteiger partial charge is 0.0249 e. The Hall–Kier alpha value is 0.110. The van der Waals surface area contributed by atoms with Crippen LogP contribution in [0, 0.1) is 0 Å². The molecule has 0 spiro atoms. The SMILES string of the molecule is CCC(C)NC1CCS(=O)CC1. The summed E-state index contributed by atoms with van der Waals surface area (Å²) in [5.41, 5.74) is 0. The van der Waals surface area contributed by atoms with Gasteiger partial charge in [-0.15, -0.1) is 0 Å². The van der Waals surface area contributed by atoms with E-state index in [4.69, 9.17) is 0 Å². The molecule has 1 aliphatic rings. The monoisotopic (exact) mass is 189 g/mol. The molecule has 0 aromatic rings. The highest BCUT2D eigenvalue weighted by Crippen LogP contribution is 2.10. The summed E-state index contributed by atoms with van der Waals surface area (Å²) in [6.45, 7) is 4.41. The van der Waals surface area contributed by atoms with Crippen LogP contribution in [0.15, 0.2) is 0 Å². The molecule has 0 saturated carbocycles. The van der Waals surface area contributed by atoms with Crippen molar-refractivity contribution in [3.05, 3.63) is 0 Å². The molecule has 12 heavy (non-hydrogen) atoms. The molecule has 1 atom stereocenters. The van der Waals surface area contributed by atoms with Crippen LogP contribution in [-0.4, -0.2) is 27.8 Å². The Balaban J connectivity index is 2.21. The van der Waals surface area contributed by atoms with Gasteiger partial charge in [-0.25, -0.2) is 0 Å². The van der Waals surface area contributed by atoms with Crippen LogP contribution in [0.3, 0.4) is 0 Å². The van der Waals surface area contributed by atoms with Gasteiger partial charge in [-0.2, -0.15) is 0 Å². The lowest BCUT2D eigenvalue weighted by Gasteiger charge is -2.25. The summed E-state index contributed by atoms with van der Waals surface area (Å²) >= 11 is 0. The van der Waals surface area contributed by atoms with Gasteiger partial charge in [0.25, 0.3) is 0 Å². The Morgan fingerprint density at radius 1 is 1.50 bits per heavy atom. The van der Waals surface area contributed by atoms with E-state index in [9.17, 15) is 4.21 Å². The van der Waals surface area contributed by atoms with Crippen LogP contribution in [0.1, 0.15) is 33.1 Å². The molecule has 2 nitrogen and oxygen atoms in total. The van der Waals surface area contributed by atoms with Crippen LogP contribution in [0.4, 0.5) is 0 Å². The van der Waals surface area contributed by atoms with Crippen LogP contribution >= 0.6 is 0 Å². The third-order valence-electron chi connectivity index (χ3n) is 2.52. The molecule has 1 N–H and O–H groups in total. The Morgan fingerprint density at radius 3 is 2.58 bits per heavy atom. The number of rotatable bonds is 3. The van der Waals surface area contributed by atoms with Crippen molar-refractivity contribution >= 4 is 10.8 Å². The lowest BCUT2D eigenvalue weighted by atomic mass is 10.1. The summed E-state index contributed by atoms with van der Waals surface area (Å²) in [7, 11) is -0.518. The van der Waals surface area contributed by atoms with E-state index < -0.39 is 10.8 Å². The Labute approximate surface area is 77.6 Å². The molecule has 1 fully saturated rings. The van der Waals surface area contributed by atoms with Gasteiger partial charge in [-0.05, 0) is 26.2 Å². The normalized spacial score (nSPS) is 33.2. The van der Waals surface area contributed by atoms with Crippen LogP contribution in [0.5, 0.6) is 0 Å². The second kappa shape index (κ2) is 4.97. The zero-order valence-corrected chi connectivity index (χ0v) is 8.82. The highest BCUT2D eigenvalue weighted by Gasteiger charge is 2.18. The summed E-state index contributed by atoms with van der Waals surface area (Å²) in [5.74, 6) is 1.79. The lowest BCUT2D eigenvalue weighted by Crippen LogP contribution is -2.40. The fourth-order valence-electron chi connectivity index (χ4n) is 1.48. The maximum Gasteiger partial charge on any atom is 0.0249 e. The van der Waals surface area contributed by atoms with Gasteiger partial charge in [-0.1, -0.05) is 6.92 Å². The maximum absolute atomic E-state index is 11.0. The van der Waals surface area contributed by atoms with E-state index in [0.29, 0.717) is 12.1 Å². The van der Waals surface area contributed by atoms with Gasteiger partial charge in [0.1, 0.15) is 0 Å². The summed E-state index contributed by atoms with van der Waals surface area (Å²) in [5, 5.41) is 3.55. The minimum absolute atomic E-state index is 0.518. The molecule has 0 aromatic heterocycles. The van der Waals surface area contributed by atoms with Gasteiger partial charge in [-0.3, -0.25) is 4.21 Å². The van der Waals surface area contributed by atoms with Gasteiger partial charge >= 0.3 is 0 Å². The van der Waals surface area contributed by atoms with Crippen LogP contribution in [0.2, 0.25) is 0 Å². The van der Waals surface area contributed by atoms with Gasteiger partial charge in [0.15, 0.2) is 0 Å². The molecule has 0 radical (unpaired) electrons. The molecule has 1 rings (SSSR count). The second-order valence-electron chi connectivity index (χ2n) is 3.60. The third kappa shape index (κ3) is 3.23. The molecular weight excluding hydrogens is 170 g/mol. The zero-order chi connectivity index (χ0) is 8.97. The van der Waals surface area contributed by atoms with Crippen molar-refractivity contribution in [2.75, 3.05) is 11.5 Å². The first-order valence-corrected chi connectivity index (χ1v) is 6.32. The topological polar surface area (TPSA) is 29.1 Å². The predicted octanol–water partition coefficient (Wildman–Crippen LogP) is 1.29. The average Bonchev–Trinajstić information content (AvgIpc) is 2.09. The lowest BCUT2D eigenvalue weighted by molar-refractivity contribution is 0.412. The first-order valence-electron chi connectivity index (χ1n) is 4.83. The Morgan fingerprint density at radius 2 is 2.08 bits per heavy atom. The molecule has 0 aromatic carbocycles. The van der Waals surface area contributed by atoms with Crippen molar-refractivity contribution in [1.29, 1.82) is 0 Å². The standard InChI is InChI=1S/C9H19NOS/c1-3-8(2)10-9-4-6-12(11)7-5-9/h8-10H,3-7H2,1-2H3. The molecule has 72 valence electrons. The van der Waals surface area contributed by atoms with E-state index in [2.05, 4.69) is 19.2 Å². The van der Waals surface area contributed by atoms with E-state index in [1.165, 1.54) is 6.42 Å². The fourth-order valence-corrected chi connectivity index (χ4v) is 2.78. The third-order valence-corrected chi connectivity index (χ3v) is 3.90. The van der Waals surface area contributed by atoms with Gasteiger partial charge in [0.2, 0.25) is 0 Å². The molecule has 1 unspecified atom stereocenters. The second-order valence-corrected chi connectivity index (χ2v) is 5.29. The molecule has 0 bridgehead atoms. The molecule has 0 aliphatic carbocycles. The van der Waals surface area contributed by atoms with Crippen molar-refractivity contribution in [2.24, 2.45) is 0 Å². The fraction of sp³-hybridized carbons (Fsp3) is 1.00. The van der Waals surface area contributed by atoms with Crippen LogP contribution in [-0.2, 0) is 10.8 Å². The minimum atomic E-state index is -0.518. The van der Waals surface area contributed by atoms with E-state index >= 15 is 0 Å². The first-order chi connectivity index (χ1) is 5.72. The number of hydrogen-bond donors (Lipinski definition) is 1. The van der Waals surface area contributed by atoms with Crippen molar-refractivity contribution in [2.45, 2.75) is 45.2 Å². The Bertz CT molecular complexity index is 151. The summed E-state index contributed by atoms with van der Waals surface area (Å²) < 4.78 is 11.0. The minimum Gasteiger partial charge on any atom is -0.311 e. The van der Waals surface area contributed by atoms with Gasteiger partial charge < -0.3 is 5.32 Å². The van der Waals surface area contributed by atoms with Crippen LogP contribution in [0.25, 0.3) is 0 Å².